The summed E-state index contributed by atoms with van der Waals surface area (Å²) in [6.07, 6.45) is 0.0328. The van der Waals surface area contributed by atoms with Crippen molar-refractivity contribution in [1.82, 2.24) is 4.90 Å². The molecule has 9 nitrogen and oxygen atoms in total. The molecule has 29 heavy (non-hydrogen) atoms. The second kappa shape index (κ2) is 7.72. The third-order valence-corrected chi connectivity index (χ3v) is 6.11. The van der Waals surface area contributed by atoms with Crippen LogP contribution in [0.2, 0.25) is 0 Å². The topological polar surface area (TPSA) is 139 Å². The molecule has 2 aromatic rings. The van der Waals surface area contributed by atoms with Gasteiger partial charge in [0.2, 0.25) is 0 Å². The van der Waals surface area contributed by atoms with E-state index in [4.69, 9.17) is 10.5 Å². The van der Waals surface area contributed by atoms with Crippen molar-refractivity contribution in [3.8, 4) is 5.75 Å². The molecule has 0 bridgehead atoms. The minimum Gasteiger partial charge on any atom is -0.497 e. The Balaban J connectivity index is 1.79. The van der Waals surface area contributed by atoms with Gasteiger partial charge in [0.15, 0.2) is 5.60 Å². The van der Waals surface area contributed by atoms with E-state index in [2.05, 4.69) is 4.72 Å². The Hall–Kier alpha value is -3.11. The molecule has 154 valence electrons. The third kappa shape index (κ3) is 4.33. The molecule has 2 amide bonds. The van der Waals surface area contributed by atoms with E-state index in [0.717, 1.165) is 0 Å². The van der Waals surface area contributed by atoms with Crippen LogP contribution in [-0.4, -0.2) is 56.0 Å². The number of benzene rings is 2. The molecule has 1 unspecified atom stereocenters. The highest BCUT2D eigenvalue weighted by molar-refractivity contribution is 7.92. The number of amides is 2. The Bertz CT molecular complexity index is 1040. The molecule has 4 N–H and O–H groups in total. The molecular formula is C19H21N3O6S. The van der Waals surface area contributed by atoms with E-state index < -0.39 is 27.4 Å². The van der Waals surface area contributed by atoms with E-state index in [1.807, 2.05) is 0 Å². The highest BCUT2D eigenvalue weighted by atomic mass is 32.2. The van der Waals surface area contributed by atoms with Gasteiger partial charge in [0.05, 0.1) is 18.6 Å². The van der Waals surface area contributed by atoms with Crippen molar-refractivity contribution in [2.75, 3.05) is 24.9 Å². The quantitative estimate of drug-likeness (QED) is 0.625. The van der Waals surface area contributed by atoms with Gasteiger partial charge in [-0.2, -0.15) is 0 Å². The number of primary amides is 1. The molecule has 0 radical (unpaired) electrons. The zero-order valence-electron chi connectivity index (χ0n) is 15.7. The van der Waals surface area contributed by atoms with Gasteiger partial charge in [-0.05, 0) is 42.5 Å². The molecule has 0 aromatic heterocycles. The monoisotopic (exact) mass is 419 g/mol. The van der Waals surface area contributed by atoms with Crippen LogP contribution in [-0.2, 0) is 14.8 Å². The largest absolute Gasteiger partial charge is 0.497 e. The molecule has 0 aliphatic carbocycles. The van der Waals surface area contributed by atoms with Crippen LogP contribution >= 0.6 is 0 Å². The summed E-state index contributed by atoms with van der Waals surface area (Å²) in [5.41, 5.74) is 3.88. The van der Waals surface area contributed by atoms with Crippen LogP contribution in [0, 0.1) is 0 Å². The number of rotatable bonds is 6. The molecule has 3 rings (SSSR count). The first kappa shape index (κ1) is 20.6. The SMILES string of the molecule is COc1ccc(NS(=O)(=O)c2cccc(C(=O)N3CCC(O)(C(N)=O)C3)c2)cc1. The molecule has 1 aliphatic heterocycles. The van der Waals surface area contributed by atoms with Crippen LogP contribution in [0.15, 0.2) is 53.4 Å². The van der Waals surface area contributed by atoms with Crippen LogP contribution in [0.1, 0.15) is 16.8 Å². The summed E-state index contributed by atoms with van der Waals surface area (Å²) in [4.78, 5) is 25.2. The van der Waals surface area contributed by atoms with Gasteiger partial charge in [0.1, 0.15) is 5.75 Å². The first-order valence-electron chi connectivity index (χ1n) is 8.73. The Morgan fingerprint density at radius 3 is 2.48 bits per heavy atom. The molecule has 1 saturated heterocycles. The average molecular weight is 419 g/mol. The molecule has 2 aromatic carbocycles. The molecular weight excluding hydrogens is 398 g/mol. The number of anilines is 1. The summed E-state index contributed by atoms with van der Waals surface area (Å²) in [5.74, 6) is -0.807. The van der Waals surface area contributed by atoms with E-state index in [1.165, 1.54) is 36.3 Å². The number of nitrogens with two attached hydrogens (primary N) is 1. The molecule has 1 atom stereocenters. The number of hydrogen-bond donors (Lipinski definition) is 3. The minimum atomic E-state index is -3.93. The highest BCUT2D eigenvalue weighted by Gasteiger charge is 2.43. The highest BCUT2D eigenvalue weighted by Crippen LogP contribution is 2.24. The first-order valence-corrected chi connectivity index (χ1v) is 10.2. The van der Waals surface area contributed by atoms with Gasteiger partial charge in [-0.25, -0.2) is 8.42 Å². The number of aliphatic hydroxyl groups is 1. The molecule has 1 heterocycles. The number of nitrogens with one attached hydrogen (secondary N) is 1. The Morgan fingerprint density at radius 2 is 1.90 bits per heavy atom. The normalized spacial score (nSPS) is 19.0. The van der Waals surface area contributed by atoms with Crippen molar-refractivity contribution in [2.45, 2.75) is 16.9 Å². The van der Waals surface area contributed by atoms with Gasteiger partial charge in [0.25, 0.3) is 21.8 Å². The van der Waals surface area contributed by atoms with Crippen LogP contribution < -0.4 is 15.2 Å². The van der Waals surface area contributed by atoms with Crippen molar-refractivity contribution < 1.29 is 27.9 Å². The zero-order chi connectivity index (χ0) is 21.2. The maximum Gasteiger partial charge on any atom is 0.261 e. The lowest BCUT2D eigenvalue weighted by Gasteiger charge is -2.20. The number of β-amino-alcohol motifs (C(OH)–C–C–N with tert-alkyl or cyclic N) is 1. The summed E-state index contributed by atoms with van der Waals surface area (Å²) in [7, 11) is -2.43. The number of hydrogen-bond acceptors (Lipinski definition) is 6. The number of carbonyl (C=O) groups is 2. The minimum absolute atomic E-state index is 0.0328. The first-order chi connectivity index (χ1) is 13.6. The van der Waals surface area contributed by atoms with Crippen LogP contribution in [0.3, 0.4) is 0 Å². The number of likely N-dealkylation sites (tertiary alicyclic amines) is 1. The fourth-order valence-electron chi connectivity index (χ4n) is 3.02. The van der Waals surface area contributed by atoms with Crippen LogP contribution in [0.5, 0.6) is 5.75 Å². The fraction of sp³-hybridized carbons (Fsp3) is 0.263. The summed E-state index contributed by atoms with van der Waals surface area (Å²) in [6, 6.07) is 11.9. The lowest BCUT2D eigenvalue weighted by atomic mass is 10.0. The van der Waals surface area contributed by atoms with Gasteiger partial charge >= 0.3 is 0 Å². The second-order valence-corrected chi connectivity index (χ2v) is 8.42. The molecule has 1 fully saturated rings. The Kier molecular flexibility index (Phi) is 5.49. The van der Waals surface area contributed by atoms with Crippen LogP contribution in [0.4, 0.5) is 5.69 Å². The van der Waals surface area contributed by atoms with Gasteiger partial charge in [0, 0.05) is 24.2 Å². The van der Waals surface area contributed by atoms with E-state index in [0.29, 0.717) is 11.4 Å². The summed E-state index contributed by atoms with van der Waals surface area (Å²) >= 11 is 0. The van der Waals surface area contributed by atoms with Crippen molar-refractivity contribution in [3.05, 3.63) is 54.1 Å². The third-order valence-electron chi connectivity index (χ3n) is 4.73. The number of nitrogens with zero attached hydrogens (tertiary/aromatic N) is 1. The standard InChI is InChI=1S/C19H21N3O6S/c1-28-15-7-5-14(6-8-15)21-29(26,27)16-4-2-3-13(11-16)17(23)22-10-9-19(25,12-22)18(20)24/h2-8,11,21,25H,9-10,12H2,1H3,(H2,20,24). The number of sulfonamides is 1. The van der Waals surface area contributed by atoms with Crippen molar-refractivity contribution in [2.24, 2.45) is 5.73 Å². The summed E-state index contributed by atoms with van der Waals surface area (Å²) < 4.78 is 32.8. The molecule has 1 aliphatic rings. The van der Waals surface area contributed by atoms with E-state index in [9.17, 15) is 23.1 Å². The van der Waals surface area contributed by atoms with Gasteiger partial charge < -0.3 is 20.5 Å². The van der Waals surface area contributed by atoms with E-state index in [1.54, 1.807) is 24.3 Å². The lowest BCUT2D eigenvalue weighted by Crippen LogP contribution is -2.46. The van der Waals surface area contributed by atoms with Crippen LogP contribution in [0.25, 0.3) is 0 Å². The Labute approximate surface area is 168 Å². The van der Waals surface area contributed by atoms with E-state index >= 15 is 0 Å². The van der Waals surface area contributed by atoms with Gasteiger partial charge in [-0.1, -0.05) is 6.07 Å². The second-order valence-electron chi connectivity index (χ2n) is 6.73. The van der Waals surface area contributed by atoms with Gasteiger partial charge in [-0.15, -0.1) is 0 Å². The molecule has 10 heteroatoms. The predicted octanol–water partition coefficient (Wildman–Crippen LogP) is 0.558. The average Bonchev–Trinajstić information content (AvgIpc) is 3.11. The van der Waals surface area contributed by atoms with E-state index in [-0.39, 0.29) is 30.0 Å². The maximum absolute atomic E-state index is 12.7. The van der Waals surface area contributed by atoms with Crippen molar-refractivity contribution in [1.29, 1.82) is 0 Å². The maximum atomic E-state index is 12.7. The fourth-order valence-corrected chi connectivity index (χ4v) is 4.12. The summed E-state index contributed by atoms with van der Waals surface area (Å²) in [6.45, 7) is -0.0956. The number of ether oxygens (including phenoxy) is 1. The Morgan fingerprint density at radius 1 is 1.21 bits per heavy atom. The molecule has 0 saturated carbocycles. The smallest absolute Gasteiger partial charge is 0.261 e. The lowest BCUT2D eigenvalue weighted by molar-refractivity contribution is -0.134. The van der Waals surface area contributed by atoms with Gasteiger partial charge in [-0.3, -0.25) is 14.3 Å². The number of carbonyl (C=O) groups excluding carboxylic acids is 2. The summed E-state index contributed by atoms with van der Waals surface area (Å²) in [5, 5.41) is 10.1. The zero-order valence-corrected chi connectivity index (χ0v) is 16.5. The van der Waals surface area contributed by atoms with Crippen molar-refractivity contribution >= 4 is 27.5 Å². The van der Waals surface area contributed by atoms with Crippen molar-refractivity contribution in [3.63, 3.8) is 0 Å². The number of methoxy groups -OCH3 is 1. The predicted molar refractivity (Wildman–Crippen MR) is 105 cm³/mol. The molecule has 0 spiro atoms.